The highest BCUT2D eigenvalue weighted by atomic mass is 35.5. The summed E-state index contributed by atoms with van der Waals surface area (Å²) < 4.78 is 1.67. The number of imidazole rings is 1. The van der Waals surface area contributed by atoms with Crippen molar-refractivity contribution in [2.45, 2.75) is 6.92 Å². The molecule has 0 saturated heterocycles. The third-order valence-electron chi connectivity index (χ3n) is 3.20. The predicted octanol–water partition coefficient (Wildman–Crippen LogP) is 3.79. The van der Waals surface area contributed by atoms with Crippen LogP contribution in [0, 0.1) is 17.0 Å². The zero-order chi connectivity index (χ0) is 15.7. The van der Waals surface area contributed by atoms with E-state index in [-0.39, 0.29) is 5.69 Å². The van der Waals surface area contributed by atoms with Gasteiger partial charge < -0.3 is 0 Å². The fraction of sp³-hybridized carbons (Fsp3) is 0.0667. The number of aryl methyl sites for hydroxylation is 1. The maximum Gasteiger partial charge on any atom is 0.270 e. The van der Waals surface area contributed by atoms with Crippen LogP contribution in [0.25, 0.3) is 11.0 Å². The standard InChI is InChI=1S/C15H11ClN4O2/c1-10-18-14-4-2-3-5-15(14)19(10)17-9-11-8-12(20(21)22)6-7-13(11)16/h2-9H,1H3/b17-9-. The lowest BCUT2D eigenvalue weighted by molar-refractivity contribution is -0.384. The Bertz CT molecular complexity index is 902. The van der Waals surface area contributed by atoms with Crippen LogP contribution in [0.1, 0.15) is 11.4 Å². The van der Waals surface area contributed by atoms with Crippen molar-refractivity contribution < 1.29 is 4.92 Å². The van der Waals surface area contributed by atoms with Gasteiger partial charge in [-0.15, -0.1) is 0 Å². The molecule has 6 nitrogen and oxygen atoms in total. The molecule has 0 aliphatic heterocycles. The monoisotopic (exact) mass is 314 g/mol. The number of non-ortho nitro benzene ring substituents is 1. The van der Waals surface area contributed by atoms with Crippen LogP contribution >= 0.6 is 11.6 Å². The molecule has 1 aromatic heterocycles. The molecule has 0 unspecified atom stereocenters. The zero-order valence-electron chi connectivity index (χ0n) is 11.6. The van der Waals surface area contributed by atoms with Gasteiger partial charge in [0.2, 0.25) is 0 Å². The number of hydrogen-bond acceptors (Lipinski definition) is 4. The van der Waals surface area contributed by atoms with E-state index in [9.17, 15) is 10.1 Å². The number of halogens is 1. The number of fused-ring (bicyclic) bond motifs is 1. The predicted molar refractivity (Wildman–Crippen MR) is 85.6 cm³/mol. The normalized spacial score (nSPS) is 11.4. The first-order valence-corrected chi connectivity index (χ1v) is 6.86. The number of hydrogen-bond donors (Lipinski definition) is 0. The average molecular weight is 315 g/mol. The minimum atomic E-state index is -0.467. The van der Waals surface area contributed by atoms with Crippen LogP contribution in [-0.4, -0.2) is 20.8 Å². The molecule has 0 saturated carbocycles. The first-order valence-electron chi connectivity index (χ1n) is 6.48. The lowest BCUT2D eigenvalue weighted by atomic mass is 10.2. The summed E-state index contributed by atoms with van der Waals surface area (Å²) in [5.74, 6) is 0.721. The summed E-state index contributed by atoms with van der Waals surface area (Å²) in [5.41, 5.74) is 2.14. The van der Waals surface area contributed by atoms with Gasteiger partial charge in [-0.2, -0.15) is 5.10 Å². The molecule has 0 aliphatic carbocycles. The molecule has 0 N–H and O–H groups in total. The van der Waals surface area contributed by atoms with E-state index in [4.69, 9.17) is 11.6 Å². The van der Waals surface area contributed by atoms with Crippen LogP contribution < -0.4 is 0 Å². The SMILES string of the molecule is Cc1nc2ccccc2n1/N=C\c1cc([N+](=O)[O-])ccc1Cl. The number of nitro benzene ring substituents is 1. The highest BCUT2D eigenvalue weighted by Gasteiger charge is 2.09. The molecule has 0 fully saturated rings. The molecule has 3 aromatic rings. The lowest BCUT2D eigenvalue weighted by Crippen LogP contribution is -1.95. The summed E-state index contributed by atoms with van der Waals surface area (Å²) in [5, 5.41) is 15.6. The van der Waals surface area contributed by atoms with Crippen LogP contribution in [0.2, 0.25) is 5.02 Å². The van der Waals surface area contributed by atoms with E-state index < -0.39 is 4.92 Å². The van der Waals surface area contributed by atoms with Gasteiger partial charge in [-0.05, 0) is 25.1 Å². The van der Waals surface area contributed by atoms with Crippen molar-refractivity contribution in [3.63, 3.8) is 0 Å². The molecule has 0 atom stereocenters. The van der Waals surface area contributed by atoms with Gasteiger partial charge in [0.15, 0.2) is 0 Å². The largest absolute Gasteiger partial charge is 0.270 e. The lowest BCUT2D eigenvalue weighted by Gasteiger charge is -2.00. The first kappa shape index (κ1) is 14.2. The molecule has 7 heteroatoms. The van der Waals surface area contributed by atoms with Gasteiger partial charge in [-0.25, -0.2) is 9.66 Å². The molecule has 22 heavy (non-hydrogen) atoms. The van der Waals surface area contributed by atoms with Gasteiger partial charge in [0.1, 0.15) is 5.82 Å². The van der Waals surface area contributed by atoms with Crippen molar-refractivity contribution >= 4 is 34.5 Å². The van der Waals surface area contributed by atoms with Crippen molar-refractivity contribution in [3.8, 4) is 0 Å². The summed E-state index contributed by atoms with van der Waals surface area (Å²) in [6.07, 6.45) is 1.50. The van der Waals surface area contributed by atoms with Gasteiger partial charge in [0.05, 0.1) is 22.2 Å². The van der Waals surface area contributed by atoms with Crippen LogP contribution in [0.5, 0.6) is 0 Å². The molecule has 1 heterocycles. The van der Waals surface area contributed by atoms with Gasteiger partial charge in [-0.3, -0.25) is 10.1 Å². The van der Waals surface area contributed by atoms with Gasteiger partial charge >= 0.3 is 0 Å². The molecule has 0 bridgehead atoms. The van der Waals surface area contributed by atoms with Crippen molar-refractivity contribution in [1.29, 1.82) is 0 Å². The molecule has 0 amide bonds. The first-order chi connectivity index (χ1) is 10.6. The molecular formula is C15H11ClN4O2. The smallest absolute Gasteiger partial charge is 0.258 e. The van der Waals surface area contributed by atoms with Gasteiger partial charge in [0.25, 0.3) is 5.69 Å². The van der Waals surface area contributed by atoms with Crippen molar-refractivity contribution in [3.05, 3.63) is 69.0 Å². The Morgan fingerprint density at radius 1 is 1.32 bits per heavy atom. The fourth-order valence-electron chi connectivity index (χ4n) is 2.14. The second-order valence-electron chi connectivity index (χ2n) is 4.67. The molecule has 0 radical (unpaired) electrons. The highest BCUT2D eigenvalue weighted by Crippen LogP contribution is 2.21. The fourth-order valence-corrected chi connectivity index (χ4v) is 2.31. The Morgan fingerprint density at radius 3 is 2.86 bits per heavy atom. The Kier molecular flexibility index (Phi) is 3.60. The summed E-state index contributed by atoms with van der Waals surface area (Å²) >= 11 is 6.06. The Morgan fingerprint density at radius 2 is 2.09 bits per heavy atom. The maximum atomic E-state index is 10.8. The highest BCUT2D eigenvalue weighted by molar-refractivity contribution is 6.33. The summed E-state index contributed by atoms with van der Waals surface area (Å²) in [7, 11) is 0. The third kappa shape index (κ3) is 2.56. The van der Waals surface area contributed by atoms with E-state index >= 15 is 0 Å². The molecule has 110 valence electrons. The molecular weight excluding hydrogens is 304 g/mol. The Labute approximate surface area is 130 Å². The van der Waals surface area contributed by atoms with E-state index in [2.05, 4.69) is 10.1 Å². The minimum Gasteiger partial charge on any atom is -0.258 e. The maximum absolute atomic E-state index is 10.8. The summed E-state index contributed by atoms with van der Waals surface area (Å²) in [4.78, 5) is 14.8. The number of rotatable bonds is 3. The Hall–Kier alpha value is -2.73. The van der Waals surface area contributed by atoms with Gasteiger partial charge in [-0.1, -0.05) is 23.7 Å². The number of nitrogens with zero attached hydrogens (tertiary/aromatic N) is 4. The second-order valence-corrected chi connectivity index (χ2v) is 5.07. The van der Waals surface area contributed by atoms with Crippen LogP contribution in [0.3, 0.4) is 0 Å². The quantitative estimate of drug-likeness (QED) is 0.419. The minimum absolute atomic E-state index is 0.0296. The molecule has 2 aromatic carbocycles. The van der Waals surface area contributed by atoms with E-state index in [1.807, 2.05) is 31.2 Å². The Balaban J connectivity index is 2.05. The number of para-hydroxylation sites is 2. The van der Waals surface area contributed by atoms with Gasteiger partial charge in [0, 0.05) is 22.7 Å². The number of aromatic nitrogens is 2. The van der Waals surface area contributed by atoms with E-state index in [0.29, 0.717) is 10.6 Å². The molecule has 3 rings (SSSR count). The van der Waals surface area contributed by atoms with E-state index in [1.165, 1.54) is 24.4 Å². The molecule has 0 aliphatic rings. The summed E-state index contributed by atoms with van der Waals surface area (Å²) in [6, 6.07) is 11.8. The average Bonchev–Trinajstić information content (AvgIpc) is 2.81. The molecule has 0 spiro atoms. The van der Waals surface area contributed by atoms with Crippen LogP contribution in [-0.2, 0) is 0 Å². The third-order valence-corrected chi connectivity index (χ3v) is 3.55. The van der Waals surface area contributed by atoms with Crippen molar-refractivity contribution in [1.82, 2.24) is 9.66 Å². The number of nitro groups is 1. The second kappa shape index (κ2) is 5.57. The van der Waals surface area contributed by atoms with Crippen LogP contribution in [0.15, 0.2) is 47.6 Å². The van der Waals surface area contributed by atoms with Crippen molar-refractivity contribution in [2.75, 3.05) is 0 Å². The topological polar surface area (TPSA) is 73.3 Å². The van der Waals surface area contributed by atoms with E-state index in [0.717, 1.165) is 16.9 Å². The zero-order valence-corrected chi connectivity index (χ0v) is 12.4. The van der Waals surface area contributed by atoms with Crippen molar-refractivity contribution in [2.24, 2.45) is 5.10 Å². The summed E-state index contributed by atoms with van der Waals surface area (Å²) in [6.45, 7) is 1.84. The van der Waals surface area contributed by atoms with Crippen LogP contribution in [0.4, 0.5) is 5.69 Å². The van der Waals surface area contributed by atoms with E-state index in [1.54, 1.807) is 4.68 Å². The number of benzene rings is 2.